The molecule has 23 heavy (non-hydrogen) atoms. The summed E-state index contributed by atoms with van der Waals surface area (Å²) in [5.74, 6) is -1.51. The predicted molar refractivity (Wildman–Crippen MR) is 84.3 cm³/mol. The summed E-state index contributed by atoms with van der Waals surface area (Å²) in [7, 11) is 0. The maximum atomic E-state index is 11.6. The van der Waals surface area contributed by atoms with E-state index in [0.29, 0.717) is 12.3 Å². The number of carboxylic acids is 2. The molecular weight excluding hydrogens is 304 g/mol. The minimum absolute atomic E-state index is 0.331. The number of alkyl carbamates (subject to hydrolysis) is 1. The lowest BCUT2D eigenvalue weighted by atomic mass is 9.91. The third-order valence-electron chi connectivity index (χ3n) is 3.02. The third-order valence-corrected chi connectivity index (χ3v) is 3.02. The van der Waals surface area contributed by atoms with Crippen molar-refractivity contribution in [1.29, 1.82) is 0 Å². The van der Waals surface area contributed by atoms with Crippen molar-refractivity contribution in [3.63, 3.8) is 0 Å². The van der Waals surface area contributed by atoms with Crippen molar-refractivity contribution < 1.29 is 29.3 Å². The second-order valence-corrected chi connectivity index (χ2v) is 6.49. The van der Waals surface area contributed by atoms with Crippen LogP contribution in [-0.2, 0) is 14.3 Å². The second kappa shape index (κ2) is 10.0. The van der Waals surface area contributed by atoms with E-state index in [2.05, 4.69) is 10.6 Å². The highest BCUT2D eigenvalue weighted by Gasteiger charge is 2.27. The summed E-state index contributed by atoms with van der Waals surface area (Å²) in [6.07, 6.45) is 1.67. The van der Waals surface area contributed by atoms with E-state index < -0.39 is 29.7 Å². The molecule has 1 rings (SSSR count). The topological polar surface area (TPSA) is 125 Å². The van der Waals surface area contributed by atoms with Gasteiger partial charge in [-0.05, 0) is 59.0 Å². The molecule has 4 N–H and O–H groups in total. The standard InChI is InChI=1S/C13H24N2O4.C2H4O2/c1-13(2,3)19-12(18)15-10(11(16)17)8-9-4-6-14-7-5-9;1-2(3)4/h9-10,14H,4-8H2,1-3H3,(H,15,18)(H,16,17);1H3,(H,3,4)/t10-;/m0./s1. The minimum atomic E-state index is -1.01. The summed E-state index contributed by atoms with van der Waals surface area (Å²) < 4.78 is 5.08. The SMILES string of the molecule is CC(=O)O.CC(C)(C)OC(=O)N[C@@H](CC1CCNCC1)C(=O)O. The number of carbonyl (C=O) groups excluding carboxylic acids is 1. The summed E-state index contributed by atoms with van der Waals surface area (Å²) in [6, 6.07) is -0.877. The molecule has 0 spiro atoms. The number of carbonyl (C=O) groups is 3. The van der Waals surface area contributed by atoms with E-state index in [-0.39, 0.29) is 0 Å². The Hall–Kier alpha value is -1.83. The third kappa shape index (κ3) is 12.4. The fourth-order valence-electron chi connectivity index (χ4n) is 2.12. The van der Waals surface area contributed by atoms with Crippen molar-refractivity contribution >= 4 is 18.0 Å². The Balaban J connectivity index is 0.00000108. The molecule has 0 aromatic heterocycles. The van der Waals surface area contributed by atoms with Crippen LogP contribution in [0.4, 0.5) is 4.79 Å². The zero-order valence-corrected chi connectivity index (χ0v) is 14.2. The molecule has 1 atom stereocenters. The summed E-state index contributed by atoms with van der Waals surface area (Å²) in [4.78, 5) is 31.8. The van der Waals surface area contributed by atoms with Gasteiger partial charge in [0.15, 0.2) is 0 Å². The first-order chi connectivity index (χ1) is 10.5. The average molecular weight is 332 g/mol. The van der Waals surface area contributed by atoms with Gasteiger partial charge in [-0.3, -0.25) is 4.79 Å². The maximum absolute atomic E-state index is 11.6. The molecule has 0 radical (unpaired) electrons. The van der Waals surface area contributed by atoms with Crippen LogP contribution in [0.25, 0.3) is 0 Å². The van der Waals surface area contributed by atoms with Crippen LogP contribution in [0.1, 0.15) is 47.0 Å². The highest BCUT2D eigenvalue weighted by Crippen LogP contribution is 2.18. The smallest absolute Gasteiger partial charge is 0.408 e. The van der Waals surface area contributed by atoms with E-state index in [4.69, 9.17) is 19.7 Å². The number of ether oxygens (including phenoxy) is 1. The van der Waals surface area contributed by atoms with Crippen LogP contribution in [0.3, 0.4) is 0 Å². The van der Waals surface area contributed by atoms with E-state index in [1.54, 1.807) is 20.8 Å². The van der Waals surface area contributed by atoms with Gasteiger partial charge in [0, 0.05) is 6.92 Å². The molecule has 1 amide bonds. The van der Waals surface area contributed by atoms with Gasteiger partial charge in [0.25, 0.3) is 5.97 Å². The Kier molecular flexibility index (Phi) is 9.24. The molecule has 8 heteroatoms. The number of hydrogen-bond donors (Lipinski definition) is 4. The van der Waals surface area contributed by atoms with Crippen molar-refractivity contribution in [3.8, 4) is 0 Å². The summed E-state index contributed by atoms with van der Waals surface area (Å²) >= 11 is 0. The fourth-order valence-corrected chi connectivity index (χ4v) is 2.12. The van der Waals surface area contributed by atoms with E-state index in [1.165, 1.54) is 0 Å². The van der Waals surface area contributed by atoms with Crippen LogP contribution in [0.5, 0.6) is 0 Å². The van der Waals surface area contributed by atoms with Crippen LogP contribution >= 0.6 is 0 Å². The van der Waals surface area contributed by atoms with E-state index in [9.17, 15) is 9.59 Å². The molecular formula is C15H28N2O6. The predicted octanol–water partition coefficient (Wildman–Crippen LogP) is 1.44. The largest absolute Gasteiger partial charge is 0.481 e. The zero-order chi connectivity index (χ0) is 18.0. The van der Waals surface area contributed by atoms with Gasteiger partial charge in [0.05, 0.1) is 0 Å². The van der Waals surface area contributed by atoms with Gasteiger partial charge >= 0.3 is 12.1 Å². The molecule has 0 unspecified atom stereocenters. The van der Waals surface area contributed by atoms with Gasteiger partial charge in [0.1, 0.15) is 11.6 Å². The molecule has 1 saturated heterocycles. The van der Waals surface area contributed by atoms with E-state index >= 15 is 0 Å². The number of aliphatic carboxylic acids is 2. The molecule has 1 aliphatic heterocycles. The lowest BCUT2D eigenvalue weighted by molar-refractivity contribution is -0.140. The molecule has 134 valence electrons. The van der Waals surface area contributed by atoms with Crippen LogP contribution in [0.2, 0.25) is 0 Å². The Labute approximate surface area is 136 Å². The molecule has 0 aromatic rings. The second-order valence-electron chi connectivity index (χ2n) is 6.49. The van der Waals surface area contributed by atoms with Crippen molar-refractivity contribution in [2.45, 2.75) is 58.6 Å². The van der Waals surface area contributed by atoms with Gasteiger partial charge in [-0.15, -0.1) is 0 Å². The fraction of sp³-hybridized carbons (Fsp3) is 0.800. The summed E-state index contributed by atoms with van der Waals surface area (Å²) in [5, 5.41) is 22.3. The van der Waals surface area contributed by atoms with Crippen molar-refractivity contribution in [2.24, 2.45) is 5.92 Å². The molecule has 1 fully saturated rings. The van der Waals surface area contributed by atoms with Crippen LogP contribution in [0.15, 0.2) is 0 Å². The van der Waals surface area contributed by atoms with Gasteiger partial charge in [0.2, 0.25) is 0 Å². The van der Waals surface area contributed by atoms with Crippen LogP contribution in [0, 0.1) is 5.92 Å². The number of nitrogens with one attached hydrogen (secondary N) is 2. The monoisotopic (exact) mass is 332 g/mol. The molecule has 0 bridgehead atoms. The van der Waals surface area contributed by atoms with E-state index in [1.807, 2.05) is 0 Å². The quantitative estimate of drug-likeness (QED) is 0.614. The number of piperidine rings is 1. The Morgan fingerprint density at radius 2 is 1.70 bits per heavy atom. The summed E-state index contributed by atoms with van der Waals surface area (Å²) in [6.45, 7) is 8.13. The highest BCUT2D eigenvalue weighted by atomic mass is 16.6. The number of amides is 1. The Morgan fingerprint density at radius 1 is 1.22 bits per heavy atom. The normalized spacial score (nSPS) is 16.5. The first kappa shape index (κ1) is 21.2. The Bertz CT molecular complexity index is 395. The first-order valence-electron chi connectivity index (χ1n) is 7.64. The first-order valence-corrected chi connectivity index (χ1v) is 7.64. The lowest BCUT2D eigenvalue weighted by Gasteiger charge is -2.26. The van der Waals surface area contributed by atoms with E-state index in [0.717, 1.165) is 32.9 Å². The van der Waals surface area contributed by atoms with Gasteiger partial charge in [-0.2, -0.15) is 0 Å². The van der Waals surface area contributed by atoms with Gasteiger partial charge in [-0.25, -0.2) is 9.59 Å². The minimum Gasteiger partial charge on any atom is -0.481 e. The molecule has 0 saturated carbocycles. The summed E-state index contributed by atoms with van der Waals surface area (Å²) in [5.41, 5.74) is -0.623. The number of hydrogen-bond acceptors (Lipinski definition) is 5. The molecule has 1 aliphatic rings. The van der Waals surface area contributed by atoms with Crippen molar-refractivity contribution in [2.75, 3.05) is 13.1 Å². The average Bonchev–Trinajstić information content (AvgIpc) is 2.36. The van der Waals surface area contributed by atoms with Gasteiger partial charge < -0.3 is 25.6 Å². The molecule has 8 nitrogen and oxygen atoms in total. The maximum Gasteiger partial charge on any atom is 0.408 e. The highest BCUT2D eigenvalue weighted by molar-refractivity contribution is 5.80. The lowest BCUT2D eigenvalue weighted by Crippen LogP contribution is -2.45. The Morgan fingerprint density at radius 3 is 2.09 bits per heavy atom. The molecule has 0 aliphatic carbocycles. The zero-order valence-electron chi connectivity index (χ0n) is 14.2. The molecule has 0 aromatic carbocycles. The molecule has 1 heterocycles. The van der Waals surface area contributed by atoms with Crippen molar-refractivity contribution in [3.05, 3.63) is 0 Å². The van der Waals surface area contributed by atoms with Crippen LogP contribution < -0.4 is 10.6 Å². The number of carboxylic acid groups (broad SMARTS) is 2. The van der Waals surface area contributed by atoms with Crippen molar-refractivity contribution in [1.82, 2.24) is 10.6 Å². The van der Waals surface area contributed by atoms with Gasteiger partial charge in [-0.1, -0.05) is 0 Å². The number of rotatable bonds is 4. The van der Waals surface area contributed by atoms with Crippen LogP contribution in [-0.4, -0.2) is 53.0 Å².